The zero-order valence-corrected chi connectivity index (χ0v) is 10.6. The molecule has 1 aromatic carbocycles. The predicted octanol–water partition coefficient (Wildman–Crippen LogP) is 2.58. The number of aromatic carboxylic acids is 1. The Morgan fingerprint density at radius 2 is 1.83 bits per heavy atom. The lowest BCUT2D eigenvalue weighted by Crippen LogP contribution is -2.22. The van der Waals surface area contributed by atoms with Crippen LogP contribution in [0.2, 0.25) is 0 Å². The van der Waals surface area contributed by atoms with Gasteiger partial charge in [-0.3, -0.25) is 4.79 Å². The van der Waals surface area contributed by atoms with Crippen LogP contribution in [-0.4, -0.2) is 17.0 Å². The van der Waals surface area contributed by atoms with Crippen LogP contribution < -0.4 is 5.32 Å². The Morgan fingerprint density at radius 3 is 2.39 bits per heavy atom. The molecular weight excluding hydrogens is 230 g/mol. The fourth-order valence-corrected chi connectivity index (χ4v) is 1.59. The number of carbonyl (C=O) groups is 2. The summed E-state index contributed by atoms with van der Waals surface area (Å²) in [5, 5.41) is 11.6. The molecule has 0 fully saturated rings. The van der Waals surface area contributed by atoms with Crippen molar-refractivity contribution >= 4 is 11.9 Å². The van der Waals surface area contributed by atoms with Crippen LogP contribution >= 0.6 is 0 Å². The van der Waals surface area contributed by atoms with E-state index < -0.39 is 5.97 Å². The second-order valence-electron chi connectivity index (χ2n) is 4.24. The largest absolute Gasteiger partial charge is 0.478 e. The van der Waals surface area contributed by atoms with Gasteiger partial charge in [-0.2, -0.15) is 0 Å². The van der Waals surface area contributed by atoms with Crippen molar-refractivity contribution in [2.75, 3.05) is 0 Å². The first-order valence-electron chi connectivity index (χ1n) is 6.22. The molecule has 0 aliphatic heterocycles. The monoisotopic (exact) mass is 249 g/mol. The van der Waals surface area contributed by atoms with E-state index in [1.807, 2.05) is 0 Å². The molecule has 0 bridgehead atoms. The van der Waals surface area contributed by atoms with E-state index in [4.69, 9.17) is 5.11 Å². The van der Waals surface area contributed by atoms with Crippen molar-refractivity contribution in [2.24, 2.45) is 0 Å². The Balaban J connectivity index is 2.34. The molecular formula is C14H19NO3. The average Bonchev–Trinajstić information content (AvgIpc) is 2.37. The average molecular weight is 249 g/mol. The molecule has 0 saturated heterocycles. The van der Waals surface area contributed by atoms with Crippen molar-refractivity contribution in [3.8, 4) is 0 Å². The lowest BCUT2D eigenvalue weighted by atomic mass is 10.1. The van der Waals surface area contributed by atoms with Gasteiger partial charge in [0.2, 0.25) is 5.91 Å². The number of carboxylic acid groups (broad SMARTS) is 1. The van der Waals surface area contributed by atoms with Crippen LogP contribution in [0.5, 0.6) is 0 Å². The van der Waals surface area contributed by atoms with Crippen molar-refractivity contribution in [3.05, 3.63) is 35.4 Å². The summed E-state index contributed by atoms with van der Waals surface area (Å²) in [7, 11) is 0. The number of carbonyl (C=O) groups excluding carboxylic acids is 1. The van der Waals surface area contributed by atoms with Crippen LogP contribution in [-0.2, 0) is 11.3 Å². The maximum Gasteiger partial charge on any atom is 0.335 e. The minimum absolute atomic E-state index is 0.0470. The summed E-state index contributed by atoms with van der Waals surface area (Å²) >= 11 is 0. The third kappa shape index (κ3) is 4.99. The highest BCUT2D eigenvalue weighted by Crippen LogP contribution is 2.05. The molecule has 2 N–H and O–H groups in total. The van der Waals surface area contributed by atoms with E-state index in [1.165, 1.54) is 0 Å². The fraction of sp³-hybridized carbons (Fsp3) is 0.429. The van der Waals surface area contributed by atoms with Gasteiger partial charge < -0.3 is 10.4 Å². The van der Waals surface area contributed by atoms with Gasteiger partial charge in [0.1, 0.15) is 0 Å². The van der Waals surface area contributed by atoms with Gasteiger partial charge in [0.25, 0.3) is 0 Å². The lowest BCUT2D eigenvalue weighted by Gasteiger charge is -2.05. The lowest BCUT2D eigenvalue weighted by molar-refractivity contribution is -0.121. The van der Waals surface area contributed by atoms with Crippen molar-refractivity contribution < 1.29 is 14.7 Å². The maximum absolute atomic E-state index is 11.5. The SMILES string of the molecule is CCCCCC(=O)NCc1ccc(C(=O)O)cc1. The maximum atomic E-state index is 11.5. The molecule has 0 aliphatic rings. The molecule has 4 heteroatoms. The summed E-state index contributed by atoms with van der Waals surface area (Å²) in [6.07, 6.45) is 3.64. The highest BCUT2D eigenvalue weighted by molar-refractivity contribution is 5.87. The molecule has 0 atom stereocenters. The quantitative estimate of drug-likeness (QED) is 0.730. The minimum atomic E-state index is -0.940. The molecule has 0 heterocycles. The first kappa shape index (κ1) is 14.2. The first-order chi connectivity index (χ1) is 8.63. The number of benzene rings is 1. The van der Waals surface area contributed by atoms with E-state index in [9.17, 15) is 9.59 Å². The predicted molar refractivity (Wildman–Crippen MR) is 69.4 cm³/mol. The summed E-state index contributed by atoms with van der Waals surface area (Å²) in [6.45, 7) is 2.55. The highest BCUT2D eigenvalue weighted by Gasteiger charge is 2.03. The number of carboxylic acids is 1. The smallest absolute Gasteiger partial charge is 0.335 e. The Kier molecular flexibility index (Phi) is 5.91. The second-order valence-corrected chi connectivity index (χ2v) is 4.24. The second kappa shape index (κ2) is 7.48. The Morgan fingerprint density at radius 1 is 1.17 bits per heavy atom. The Labute approximate surface area is 107 Å². The summed E-state index contributed by atoms with van der Waals surface area (Å²) in [4.78, 5) is 22.1. The third-order valence-corrected chi connectivity index (χ3v) is 2.70. The highest BCUT2D eigenvalue weighted by atomic mass is 16.4. The molecule has 0 aromatic heterocycles. The van der Waals surface area contributed by atoms with Gasteiger partial charge in [0.15, 0.2) is 0 Å². The summed E-state index contributed by atoms with van der Waals surface area (Å²) < 4.78 is 0. The topological polar surface area (TPSA) is 66.4 Å². The van der Waals surface area contributed by atoms with Crippen LogP contribution in [0, 0.1) is 0 Å². The number of hydrogen-bond acceptors (Lipinski definition) is 2. The summed E-state index contributed by atoms with van der Waals surface area (Å²) in [6, 6.07) is 6.52. The Bertz CT molecular complexity index is 398. The molecule has 0 spiro atoms. The van der Waals surface area contributed by atoms with E-state index in [2.05, 4.69) is 12.2 Å². The van der Waals surface area contributed by atoms with Crippen molar-refractivity contribution in [1.29, 1.82) is 0 Å². The van der Waals surface area contributed by atoms with Gasteiger partial charge in [0, 0.05) is 13.0 Å². The van der Waals surface area contributed by atoms with E-state index in [0.717, 1.165) is 24.8 Å². The number of unbranched alkanes of at least 4 members (excludes halogenated alkanes) is 2. The van der Waals surface area contributed by atoms with Gasteiger partial charge >= 0.3 is 5.97 Å². The van der Waals surface area contributed by atoms with E-state index in [0.29, 0.717) is 13.0 Å². The zero-order valence-electron chi connectivity index (χ0n) is 10.6. The molecule has 0 saturated carbocycles. The molecule has 1 rings (SSSR count). The minimum Gasteiger partial charge on any atom is -0.478 e. The van der Waals surface area contributed by atoms with Gasteiger partial charge in [-0.15, -0.1) is 0 Å². The van der Waals surface area contributed by atoms with E-state index in [1.54, 1.807) is 24.3 Å². The normalized spacial score (nSPS) is 10.1. The van der Waals surface area contributed by atoms with Crippen LogP contribution in [0.25, 0.3) is 0 Å². The molecule has 98 valence electrons. The van der Waals surface area contributed by atoms with Crippen LogP contribution in [0.1, 0.15) is 48.5 Å². The fourth-order valence-electron chi connectivity index (χ4n) is 1.59. The molecule has 4 nitrogen and oxygen atoms in total. The van der Waals surface area contributed by atoms with Gasteiger partial charge in [-0.25, -0.2) is 4.79 Å². The molecule has 0 radical (unpaired) electrons. The van der Waals surface area contributed by atoms with Crippen molar-refractivity contribution in [3.63, 3.8) is 0 Å². The molecule has 1 aromatic rings. The molecule has 18 heavy (non-hydrogen) atoms. The summed E-state index contributed by atoms with van der Waals surface area (Å²) in [5.74, 6) is -0.893. The van der Waals surface area contributed by atoms with Crippen molar-refractivity contribution in [2.45, 2.75) is 39.2 Å². The first-order valence-corrected chi connectivity index (χ1v) is 6.22. The summed E-state index contributed by atoms with van der Waals surface area (Å²) in [5.41, 5.74) is 1.16. The van der Waals surface area contributed by atoms with Gasteiger partial charge in [-0.1, -0.05) is 31.9 Å². The van der Waals surface area contributed by atoms with E-state index in [-0.39, 0.29) is 11.5 Å². The van der Waals surface area contributed by atoms with Crippen LogP contribution in [0.3, 0.4) is 0 Å². The van der Waals surface area contributed by atoms with Gasteiger partial charge in [-0.05, 0) is 24.1 Å². The number of nitrogens with one attached hydrogen (secondary N) is 1. The van der Waals surface area contributed by atoms with Crippen LogP contribution in [0.4, 0.5) is 0 Å². The number of rotatable bonds is 7. The van der Waals surface area contributed by atoms with Crippen molar-refractivity contribution in [1.82, 2.24) is 5.32 Å². The van der Waals surface area contributed by atoms with Gasteiger partial charge in [0.05, 0.1) is 5.56 Å². The molecule has 0 unspecified atom stereocenters. The molecule has 0 aliphatic carbocycles. The molecule has 1 amide bonds. The standard InChI is InChI=1S/C14H19NO3/c1-2-3-4-5-13(16)15-10-11-6-8-12(9-7-11)14(17)18/h6-9H,2-5,10H2,1H3,(H,15,16)(H,17,18). The third-order valence-electron chi connectivity index (χ3n) is 2.70. The zero-order chi connectivity index (χ0) is 13.4. The van der Waals surface area contributed by atoms with Crippen LogP contribution in [0.15, 0.2) is 24.3 Å². The Hall–Kier alpha value is -1.84. The number of hydrogen-bond donors (Lipinski definition) is 2. The van der Waals surface area contributed by atoms with E-state index >= 15 is 0 Å². The number of amides is 1.